The molecular weight excluding hydrogens is 351 g/mol. The predicted molar refractivity (Wildman–Crippen MR) is 96.0 cm³/mol. The van der Waals surface area contributed by atoms with Gasteiger partial charge in [0.1, 0.15) is 0 Å². The average molecular weight is 376 g/mol. The van der Waals surface area contributed by atoms with Crippen LogP contribution in [0.1, 0.15) is 30.1 Å². The molecule has 146 valence electrons. The highest BCUT2D eigenvalue weighted by atomic mass is 19.1. The van der Waals surface area contributed by atoms with E-state index in [1.54, 1.807) is 6.92 Å². The van der Waals surface area contributed by atoms with Gasteiger partial charge >= 0.3 is 0 Å². The summed E-state index contributed by atoms with van der Waals surface area (Å²) >= 11 is 0. The van der Waals surface area contributed by atoms with Crippen molar-refractivity contribution in [1.82, 2.24) is 9.80 Å². The van der Waals surface area contributed by atoms with E-state index in [4.69, 9.17) is 9.47 Å². The van der Waals surface area contributed by atoms with Crippen LogP contribution in [0.25, 0.3) is 0 Å². The molecule has 27 heavy (non-hydrogen) atoms. The van der Waals surface area contributed by atoms with Crippen molar-refractivity contribution < 1.29 is 23.5 Å². The van der Waals surface area contributed by atoms with Crippen molar-refractivity contribution in [2.45, 2.75) is 25.8 Å². The molecule has 1 aromatic carbocycles. The van der Waals surface area contributed by atoms with Crippen molar-refractivity contribution in [3.63, 3.8) is 0 Å². The van der Waals surface area contributed by atoms with Crippen LogP contribution in [0.5, 0.6) is 5.75 Å². The fourth-order valence-corrected chi connectivity index (χ4v) is 5.01. The molecule has 0 N–H and O–H groups in total. The van der Waals surface area contributed by atoms with Crippen LogP contribution in [0.15, 0.2) is 18.2 Å². The van der Waals surface area contributed by atoms with Crippen molar-refractivity contribution in [2.24, 2.45) is 11.3 Å². The number of ether oxygens (including phenoxy) is 2. The second-order valence-corrected chi connectivity index (χ2v) is 7.86. The van der Waals surface area contributed by atoms with E-state index >= 15 is 0 Å². The average Bonchev–Trinajstić information content (AvgIpc) is 3.26. The van der Waals surface area contributed by atoms with Gasteiger partial charge in [-0.3, -0.25) is 9.59 Å². The van der Waals surface area contributed by atoms with Crippen molar-refractivity contribution in [1.29, 1.82) is 0 Å². The molecule has 0 saturated carbocycles. The summed E-state index contributed by atoms with van der Waals surface area (Å²) in [6.45, 7) is 4.95. The Balaban J connectivity index is 1.47. The number of likely N-dealkylation sites (tertiary alicyclic amines) is 2. The van der Waals surface area contributed by atoms with Crippen molar-refractivity contribution >= 4 is 11.8 Å². The zero-order valence-corrected chi connectivity index (χ0v) is 15.7. The molecule has 3 saturated heterocycles. The van der Waals surface area contributed by atoms with Crippen LogP contribution >= 0.6 is 0 Å². The molecule has 2 atom stereocenters. The van der Waals surface area contributed by atoms with Gasteiger partial charge in [-0.05, 0) is 36.5 Å². The number of halogens is 1. The lowest BCUT2D eigenvalue weighted by molar-refractivity contribution is -0.130. The van der Waals surface area contributed by atoms with Crippen LogP contribution in [0.3, 0.4) is 0 Å². The minimum atomic E-state index is -0.478. The van der Waals surface area contributed by atoms with Crippen LogP contribution < -0.4 is 4.74 Å². The Bertz CT molecular complexity index is 760. The smallest absolute Gasteiger partial charge is 0.253 e. The van der Waals surface area contributed by atoms with Crippen molar-refractivity contribution in [2.75, 3.05) is 40.0 Å². The number of rotatable bonds is 2. The lowest BCUT2D eigenvalue weighted by atomic mass is 9.70. The summed E-state index contributed by atoms with van der Waals surface area (Å²) in [6.07, 6.45) is 1.71. The summed E-state index contributed by atoms with van der Waals surface area (Å²) in [6, 6.07) is 4.39. The number of nitrogens with zero attached hydrogens (tertiary/aromatic N) is 2. The number of hydrogen-bond acceptors (Lipinski definition) is 4. The lowest BCUT2D eigenvalue weighted by Gasteiger charge is -2.42. The Kier molecular flexibility index (Phi) is 4.58. The third-order valence-electron chi connectivity index (χ3n) is 6.57. The molecule has 4 rings (SSSR count). The molecule has 3 aliphatic rings. The Morgan fingerprint density at radius 2 is 2.00 bits per heavy atom. The Hall–Kier alpha value is -2.15. The maximum absolute atomic E-state index is 13.6. The van der Waals surface area contributed by atoms with Crippen LogP contribution in [0, 0.1) is 17.2 Å². The minimum Gasteiger partial charge on any atom is -0.494 e. The number of piperidine rings is 1. The summed E-state index contributed by atoms with van der Waals surface area (Å²) in [7, 11) is 1.39. The van der Waals surface area contributed by atoms with Crippen LogP contribution in [-0.2, 0) is 9.53 Å². The molecule has 1 aromatic rings. The monoisotopic (exact) mass is 376 g/mol. The number of amides is 2. The van der Waals surface area contributed by atoms with E-state index in [1.165, 1.54) is 25.3 Å². The Morgan fingerprint density at radius 3 is 2.67 bits per heavy atom. The largest absolute Gasteiger partial charge is 0.494 e. The fraction of sp³-hybridized carbons (Fsp3) is 0.600. The van der Waals surface area contributed by atoms with Gasteiger partial charge in [-0.25, -0.2) is 4.39 Å². The Labute approximate surface area is 158 Å². The first-order chi connectivity index (χ1) is 12.9. The SMILES string of the molecule is COc1cc(C(=O)N2CCC3(CC2)CN(C(C)=O)[C@@H]2COC[C@@H]23)ccc1F. The van der Waals surface area contributed by atoms with Gasteiger partial charge in [0.2, 0.25) is 5.91 Å². The van der Waals surface area contributed by atoms with Gasteiger partial charge in [-0.2, -0.15) is 0 Å². The predicted octanol–water partition coefficient (Wildman–Crippen LogP) is 1.93. The molecule has 0 aromatic heterocycles. The molecule has 2 amide bonds. The highest BCUT2D eigenvalue weighted by Gasteiger charge is 2.56. The van der Waals surface area contributed by atoms with Crippen molar-refractivity contribution in [3.05, 3.63) is 29.6 Å². The van der Waals surface area contributed by atoms with Gasteiger partial charge in [0, 0.05) is 38.0 Å². The second kappa shape index (κ2) is 6.78. The summed E-state index contributed by atoms with van der Waals surface area (Å²) in [4.78, 5) is 28.6. The van der Waals surface area contributed by atoms with Crippen LogP contribution in [0.2, 0.25) is 0 Å². The molecule has 3 heterocycles. The van der Waals surface area contributed by atoms with Crippen molar-refractivity contribution in [3.8, 4) is 5.75 Å². The molecule has 3 aliphatic heterocycles. The molecule has 3 fully saturated rings. The number of hydrogen-bond donors (Lipinski definition) is 0. The maximum atomic E-state index is 13.6. The lowest BCUT2D eigenvalue weighted by Crippen LogP contribution is -2.47. The van der Waals surface area contributed by atoms with Gasteiger partial charge < -0.3 is 19.3 Å². The van der Waals surface area contributed by atoms with Gasteiger partial charge in [-0.1, -0.05) is 0 Å². The molecule has 7 heteroatoms. The first-order valence-corrected chi connectivity index (χ1v) is 9.43. The molecular formula is C20H25FN2O4. The summed E-state index contributed by atoms with van der Waals surface area (Å²) in [5, 5.41) is 0. The van der Waals surface area contributed by atoms with Gasteiger partial charge in [0.05, 0.1) is 26.4 Å². The second-order valence-electron chi connectivity index (χ2n) is 7.86. The summed E-state index contributed by atoms with van der Waals surface area (Å²) < 4.78 is 24.3. The van der Waals surface area contributed by atoms with Gasteiger partial charge in [0.25, 0.3) is 5.91 Å². The first kappa shape index (κ1) is 18.2. The third kappa shape index (κ3) is 2.98. The highest BCUT2D eigenvalue weighted by Crippen LogP contribution is 2.50. The van der Waals surface area contributed by atoms with E-state index in [0.717, 1.165) is 19.4 Å². The Morgan fingerprint density at radius 1 is 1.26 bits per heavy atom. The fourth-order valence-electron chi connectivity index (χ4n) is 5.01. The van der Waals surface area contributed by atoms with Crippen LogP contribution in [-0.4, -0.2) is 67.6 Å². The van der Waals surface area contributed by atoms with E-state index in [-0.39, 0.29) is 29.0 Å². The molecule has 0 unspecified atom stereocenters. The van der Waals surface area contributed by atoms with E-state index in [9.17, 15) is 14.0 Å². The topological polar surface area (TPSA) is 59.1 Å². The maximum Gasteiger partial charge on any atom is 0.253 e. The van der Waals surface area contributed by atoms with Gasteiger partial charge in [0.15, 0.2) is 11.6 Å². The third-order valence-corrected chi connectivity index (χ3v) is 6.57. The summed E-state index contributed by atoms with van der Waals surface area (Å²) in [5.41, 5.74) is 0.465. The number of fused-ring (bicyclic) bond motifs is 2. The molecule has 0 bridgehead atoms. The molecule has 1 spiro atoms. The van der Waals surface area contributed by atoms with E-state index in [0.29, 0.717) is 37.8 Å². The normalized spacial score (nSPS) is 26.3. The van der Waals surface area contributed by atoms with E-state index < -0.39 is 5.82 Å². The number of carbonyl (C=O) groups excluding carboxylic acids is 2. The first-order valence-electron chi connectivity index (χ1n) is 9.43. The summed E-state index contributed by atoms with van der Waals surface area (Å²) in [5.74, 6) is -0.0555. The number of methoxy groups -OCH3 is 1. The van der Waals surface area contributed by atoms with Gasteiger partial charge in [-0.15, -0.1) is 0 Å². The quantitative estimate of drug-likeness (QED) is 0.792. The minimum absolute atomic E-state index is 0.0318. The zero-order valence-electron chi connectivity index (χ0n) is 15.7. The number of carbonyl (C=O) groups is 2. The molecule has 0 radical (unpaired) electrons. The molecule has 0 aliphatic carbocycles. The standard InChI is InChI=1S/C20H25FN2O4/c1-13(24)23-12-20(15-10-27-11-17(15)23)5-7-22(8-6-20)19(25)14-3-4-16(21)18(9-14)26-2/h3-4,9,15,17H,5-8,10-12H2,1-2H3/t15-,17+/m0/s1. The zero-order chi connectivity index (χ0) is 19.2. The van der Waals surface area contributed by atoms with Crippen LogP contribution in [0.4, 0.5) is 4.39 Å². The highest BCUT2D eigenvalue weighted by molar-refractivity contribution is 5.94. The number of benzene rings is 1. The van der Waals surface area contributed by atoms with E-state index in [2.05, 4.69) is 0 Å². The van der Waals surface area contributed by atoms with E-state index in [1.807, 2.05) is 9.80 Å². The molecule has 6 nitrogen and oxygen atoms in total.